The molecule has 0 atom stereocenters. The summed E-state index contributed by atoms with van der Waals surface area (Å²) in [6.45, 7) is 3.17. The van der Waals surface area contributed by atoms with Crippen LogP contribution in [0.4, 0.5) is 0 Å². The second kappa shape index (κ2) is 12.0. The van der Waals surface area contributed by atoms with Gasteiger partial charge < -0.3 is 19.9 Å². The van der Waals surface area contributed by atoms with Gasteiger partial charge in [-0.05, 0) is 30.5 Å². The van der Waals surface area contributed by atoms with Crippen molar-refractivity contribution in [2.24, 2.45) is 0 Å². The average molecular weight is 386 g/mol. The smallest absolute Gasteiger partial charge is 0.251 e. The number of amides is 1. The number of nitrogens with one attached hydrogen (secondary N) is 1. The van der Waals surface area contributed by atoms with E-state index in [1.165, 1.54) is 5.56 Å². The van der Waals surface area contributed by atoms with Crippen molar-refractivity contribution in [2.75, 3.05) is 26.9 Å². The highest BCUT2D eigenvalue weighted by atomic mass is 16.5. The number of rotatable bonds is 12. The minimum Gasteiger partial charge on any atom is -0.493 e. The molecule has 0 unspecified atom stereocenters. The minimum atomic E-state index is -0.166. The van der Waals surface area contributed by atoms with Crippen LogP contribution in [-0.4, -0.2) is 37.9 Å². The van der Waals surface area contributed by atoms with Gasteiger partial charge in [0.25, 0.3) is 5.91 Å². The summed E-state index contributed by atoms with van der Waals surface area (Å²) in [7, 11) is 1.58. The molecule has 0 fully saturated rings. The third-order valence-electron chi connectivity index (χ3n) is 4.59. The van der Waals surface area contributed by atoms with Crippen LogP contribution in [0.1, 0.15) is 47.7 Å². The highest BCUT2D eigenvalue weighted by molar-refractivity contribution is 5.96. The molecule has 1 amide bonds. The molecule has 0 aliphatic carbocycles. The first kappa shape index (κ1) is 21.8. The summed E-state index contributed by atoms with van der Waals surface area (Å²) in [5.41, 5.74) is 2.39. The van der Waals surface area contributed by atoms with Gasteiger partial charge in [0.15, 0.2) is 11.5 Å². The molecule has 152 valence electrons. The number of aliphatic hydroxyl groups is 1. The Labute approximate surface area is 167 Å². The molecule has 2 aromatic carbocycles. The summed E-state index contributed by atoms with van der Waals surface area (Å²) in [4.78, 5) is 12.8. The summed E-state index contributed by atoms with van der Waals surface area (Å²) in [6, 6.07) is 13.5. The van der Waals surface area contributed by atoms with Crippen LogP contribution < -0.4 is 14.8 Å². The van der Waals surface area contributed by atoms with Crippen molar-refractivity contribution in [1.82, 2.24) is 5.32 Å². The maximum Gasteiger partial charge on any atom is 0.251 e. The van der Waals surface area contributed by atoms with Crippen LogP contribution in [0.3, 0.4) is 0 Å². The average Bonchev–Trinajstić information content (AvgIpc) is 2.72. The lowest BCUT2D eigenvalue weighted by Gasteiger charge is -2.18. The van der Waals surface area contributed by atoms with Gasteiger partial charge in [0.05, 0.1) is 13.7 Å². The maximum absolute atomic E-state index is 12.8. The van der Waals surface area contributed by atoms with Crippen molar-refractivity contribution >= 4 is 5.91 Å². The molecule has 0 bridgehead atoms. The summed E-state index contributed by atoms with van der Waals surface area (Å²) in [5.74, 6) is 0.976. The molecule has 2 N–H and O–H groups in total. The summed E-state index contributed by atoms with van der Waals surface area (Å²) in [6.07, 6.45) is 4.22. The lowest BCUT2D eigenvalue weighted by molar-refractivity contribution is 0.0952. The number of unbranched alkanes of at least 4 members (excludes halogenated alkanes) is 2. The predicted molar refractivity (Wildman–Crippen MR) is 111 cm³/mol. The number of aliphatic hydroxyl groups excluding tert-OH is 1. The van der Waals surface area contributed by atoms with Gasteiger partial charge in [-0.15, -0.1) is 0 Å². The summed E-state index contributed by atoms with van der Waals surface area (Å²) >= 11 is 0. The van der Waals surface area contributed by atoms with Gasteiger partial charge in [-0.1, -0.05) is 50.1 Å². The summed E-state index contributed by atoms with van der Waals surface area (Å²) in [5, 5.41) is 12.5. The zero-order chi connectivity index (χ0) is 20.2. The van der Waals surface area contributed by atoms with Gasteiger partial charge in [-0.2, -0.15) is 0 Å². The van der Waals surface area contributed by atoms with Crippen molar-refractivity contribution in [2.45, 2.75) is 39.0 Å². The Bertz CT molecular complexity index is 731. The largest absolute Gasteiger partial charge is 0.493 e. The molecular formula is C23H31NO4. The van der Waals surface area contributed by atoms with Crippen molar-refractivity contribution in [3.8, 4) is 11.5 Å². The van der Waals surface area contributed by atoms with E-state index < -0.39 is 0 Å². The minimum absolute atomic E-state index is 0.0667. The van der Waals surface area contributed by atoms with E-state index in [-0.39, 0.29) is 12.5 Å². The van der Waals surface area contributed by atoms with E-state index in [1.54, 1.807) is 19.2 Å². The fourth-order valence-corrected chi connectivity index (χ4v) is 3.08. The monoisotopic (exact) mass is 385 g/mol. The van der Waals surface area contributed by atoms with Gasteiger partial charge in [0, 0.05) is 30.7 Å². The topological polar surface area (TPSA) is 67.8 Å². The van der Waals surface area contributed by atoms with Crippen LogP contribution in [0, 0.1) is 0 Å². The number of carbonyl (C=O) groups is 1. The Hall–Kier alpha value is -2.53. The molecule has 0 spiro atoms. The van der Waals surface area contributed by atoms with E-state index in [0.29, 0.717) is 42.2 Å². The number of methoxy groups -OCH3 is 1. The van der Waals surface area contributed by atoms with Gasteiger partial charge in [-0.25, -0.2) is 0 Å². The van der Waals surface area contributed by atoms with Gasteiger partial charge in [-0.3, -0.25) is 4.79 Å². The zero-order valence-electron chi connectivity index (χ0n) is 16.9. The first-order chi connectivity index (χ1) is 13.7. The normalized spacial score (nSPS) is 10.5. The summed E-state index contributed by atoms with van der Waals surface area (Å²) < 4.78 is 11.4. The molecule has 2 rings (SSSR count). The van der Waals surface area contributed by atoms with E-state index in [9.17, 15) is 9.90 Å². The lowest BCUT2D eigenvalue weighted by atomic mass is 10.0. The fraction of sp³-hybridized carbons (Fsp3) is 0.435. The van der Waals surface area contributed by atoms with Crippen LogP contribution in [0.5, 0.6) is 11.5 Å². The van der Waals surface area contributed by atoms with Crippen molar-refractivity contribution < 1.29 is 19.4 Å². The van der Waals surface area contributed by atoms with Crippen LogP contribution in [0.15, 0.2) is 42.5 Å². The van der Waals surface area contributed by atoms with Gasteiger partial charge in [0.1, 0.15) is 0 Å². The van der Waals surface area contributed by atoms with E-state index in [2.05, 4.69) is 12.2 Å². The van der Waals surface area contributed by atoms with E-state index in [1.807, 2.05) is 30.3 Å². The quantitative estimate of drug-likeness (QED) is 0.546. The Kier molecular flexibility index (Phi) is 9.35. The molecule has 0 heterocycles. The van der Waals surface area contributed by atoms with Gasteiger partial charge in [0.2, 0.25) is 0 Å². The molecule has 0 aliphatic heterocycles. The Morgan fingerprint density at radius 3 is 2.54 bits per heavy atom. The molecule has 0 saturated carbocycles. The van der Waals surface area contributed by atoms with Crippen molar-refractivity contribution in [1.29, 1.82) is 0 Å². The molecule has 5 heteroatoms. The van der Waals surface area contributed by atoms with E-state index in [4.69, 9.17) is 9.47 Å². The third kappa shape index (κ3) is 6.27. The Morgan fingerprint density at radius 1 is 1.07 bits per heavy atom. The fourth-order valence-electron chi connectivity index (χ4n) is 3.08. The molecule has 0 aliphatic rings. The van der Waals surface area contributed by atoms with Crippen LogP contribution in [0.2, 0.25) is 0 Å². The molecule has 0 saturated heterocycles. The predicted octanol–water partition coefficient (Wildman–Crippen LogP) is 3.77. The third-order valence-corrected chi connectivity index (χ3v) is 4.59. The Morgan fingerprint density at radius 2 is 1.86 bits per heavy atom. The number of hydrogen-bond acceptors (Lipinski definition) is 4. The molecule has 0 aromatic heterocycles. The maximum atomic E-state index is 12.8. The van der Waals surface area contributed by atoms with Crippen LogP contribution in [0.25, 0.3) is 0 Å². The SMILES string of the molecule is CCCCCOc1c(OC)ccc(C(=O)NCCc2ccccc2)c1CCO. The van der Waals surface area contributed by atoms with Gasteiger partial charge >= 0.3 is 0 Å². The molecule has 0 radical (unpaired) electrons. The van der Waals surface area contributed by atoms with Crippen molar-refractivity contribution in [3.63, 3.8) is 0 Å². The number of hydrogen-bond donors (Lipinski definition) is 2. The Balaban J connectivity index is 2.13. The highest BCUT2D eigenvalue weighted by Gasteiger charge is 2.19. The standard InChI is InChI=1S/C23H31NO4/c1-3-4-8-17-28-22-19(14-16-25)20(11-12-21(22)27-2)23(26)24-15-13-18-9-6-5-7-10-18/h5-7,9-12,25H,3-4,8,13-17H2,1-2H3,(H,24,26). The van der Waals surface area contributed by atoms with Crippen molar-refractivity contribution in [3.05, 3.63) is 59.2 Å². The first-order valence-corrected chi connectivity index (χ1v) is 9.96. The number of benzene rings is 2. The molecule has 2 aromatic rings. The van der Waals surface area contributed by atoms with E-state index in [0.717, 1.165) is 25.7 Å². The molecular weight excluding hydrogens is 354 g/mol. The molecule has 5 nitrogen and oxygen atoms in total. The number of carbonyl (C=O) groups excluding carboxylic acids is 1. The van der Waals surface area contributed by atoms with E-state index >= 15 is 0 Å². The lowest BCUT2D eigenvalue weighted by Crippen LogP contribution is -2.27. The first-order valence-electron chi connectivity index (χ1n) is 9.96. The second-order valence-electron chi connectivity index (χ2n) is 6.64. The second-order valence-corrected chi connectivity index (χ2v) is 6.64. The molecule has 28 heavy (non-hydrogen) atoms. The van der Waals surface area contributed by atoms with Crippen LogP contribution in [-0.2, 0) is 12.8 Å². The highest BCUT2D eigenvalue weighted by Crippen LogP contribution is 2.34. The zero-order valence-corrected chi connectivity index (χ0v) is 16.9. The van der Waals surface area contributed by atoms with Crippen LogP contribution >= 0.6 is 0 Å². The number of ether oxygens (including phenoxy) is 2.